The molecule has 0 saturated carbocycles. The number of nitrogens with zero attached hydrogens (tertiary/aromatic N) is 1. The Morgan fingerprint density at radius 1 is 1.06 bits per heavy atom. The highest BCUT2D eigenvalue weighted by atomic mass is 32.1. The van der Waals surface area contributed by atoms with E-state index in [0.717, 1.165) is 20.9 Å². The number of carbonyl (C=O) groups excluding carboxylic acids is 1. The van der Waals surface area contributed by atoms with Crippen molar-refractivity contribution in [3.05, 3.63) is 72.1 Å². The maximum Gasteiger partial charge on any atom is 0.322 e. The Morgan fingerprint density at radius 3 is 2.42 bits per heavy atom. The first kappa shape index (κ1) is 20.4. The lowest BCUT2D eigenvalue weighted by Gasteiger charge is -2.06. The third-order valence-corrected chi connectivity index (χ3v) is 5.85. The number of benzene rings is 2. The molecule has 156 valence electrons. The number of carbonyl (C=O) groups is 2. The summed E-state index contributed by atoms with van der Waals surface area (Å²) in [4.78, 5) is 28.0. The molecule has 31 heavy (non-hydrogen) atoms. The smallest absolute Gasteiger partial charge is 0.322 e. The van der Waals surface area contributed by atoms with Gasteiger partial charge in [-0.3, -0.25) is 9.59 Å². The molecule has 0 aliphatic rings. The number of carboxylic acid groups (broad SMARTS) is 1. The van der Waals surface area contributed by atoms with Gasteiger partial charge in [-0.15, -0.1) is 11.3 Å². The number of aliphatic carboxylic acids is 1. The molecule has 0 radical (unpaired) electrons. The van der Waals surface area contributed by atoms with E-state index < -0.39 is 18.4 Å². The van der Waals surface area contributed by atoms with E-state index in [-0.39, 0.29) is 11.4 Å². The highest BCUT2D eigenvalue weighted by molar-refractivity contribution is 7.22. The number of para-hydroxylation sites is 1. The van der Waals surface area contributed by atoms with E-state index in [2.05, 4.69) is 10.3 Å². The molecule has 4 rings (SSSR count). The zero-order valence-electron chi connectivity index (χ0n) is 16.5. The van der Waals surface area contributed by atoms with Crippen LogP contribution in [0.2, 0.25) is 0 Å². The molecule has 0 fully saturated rings. The molecule has 2 aromatic heterocycles. The first-order valence-corrected chi connectivity index (χ1v) is 10.2. The number of ether oxygens (including phenoxy) is 1. The van der Waals surface area contributed by atoms with Crippen LogP contribution in [0.25, 0.3) is 20.5 Å². The number of fused-ring (bicyclic) bond motifs is 1. The van der Waals surface area contributed by atoms with Crippen LogP contribution in [0, 0.1) is 6.92 Å². The van der Waals surface area contributed by atoms with E-state index in [1.165, 1.54) is 11.3 Å². The topological polar surface area (TPSA) is 109 Å². The van der Waals surface area contributed by atoms with Crippen molar-refractivity contribution in [3.63, 3.8) is 0 Å². The Morgan fingerprint density at radius 2 is 1.74 bits per heavy atom. The minimum Gasteiger partial charge on any atom is -0.505 e. The molecule has 4 aromatic rings. The lowest BCUT2D eigenvalue weighted by molar-refractivity contribution is -0.135. The second kappa shape index (κ2) is 8.45. The molecule has 8 heteroatoms. The number of aromatic hydroxyl groups is 1. The lowest BCUT2D eigenvalue weighted by Crippen LogP contribution is -2.30. The highest BCUT2D eigenvalue weighted by Crippen LogP contribution is 2.40. The first-order chi connectivity index (χ1) is 14.9. The summed E-state index contributed by atoms with van der Waals surface area (Å²) in [5.41, 5.74) is 1.31. The van der Waals surface area contributed by atoms with Gasteiger partial charge < -0.3 is 20.3 Å². The fourth-order valence-corrected chi connectivity index (χ4v) is 4.20. The van der Waals surface area contributed by atoms with Crippen molar-refractivity contribution >= 4 is 33.3 Å². The molecule has 7 nitrogen and oxygen atoms in total. The Hall–Kier alpha value is -3.91. The summed E-state index contributed by atoms with van der Waals surface area (Å²) in [6.07, 6.45) is 0. The third kappa shape index (κ3) is 4.34. The van der Waals surface area contributed by atoms with Crippen LogP contribution in [0.1, 0.15) is 16.2 Å². The lowest BCUT2D eigenvalue weighted by atomic mass is 10.1. The molecule has 0 bridgehead atoms. The van der Waals surface area contributed by atoms with E-state index in [9.17, 15) is 14.7 Å². The van der Waals surface area contributed by atoms with Crippen LogP contribution in [-0.2, 0) is 4.79 Å². The molecule has 1 amide bonds. The van der Waals surface area contributed by atoms with Crippen molar-refractivity contribution < 1.29 is 24.5 Å². The number of nitrogens with one attached hydrogen (secondary N) is 1. The largest absolute Gasteiger partial charge is 0.505 e. The van der Waals surface area contributed by atoms with Gasteiger partial charge in [-0.25, -0.2) is 4.98 Å². The summed E-state index contributed by atoms with van der Waals surface area (Å²) >= 11 is 1.45. The van der Waals surface area contributed by atoms with Crippen LogP contribution < -0.4 is 10.1 Å². The average molecular weight is 434 g/mol. The molecule has 0 aliphatic carbocycles. The Balaban J connectivity index is 1.63. The number of hydrogen-bond donors (Lipinski definition) is 3. The van der Waals surface area contributed by atoms with Gasteiger partial charge in [0.05, 0.1) is 10.4 Å². The quantitative estimate of drug-likeness (QED) is 0.410. The number of aryl methyl sites for hydroxylation is 1. The summed E-state index contributed by atoms with van der Waals surface area (Å²) in [7, 11) is 0. The summed E-state index contributed by atoms with van der Waals surface area (Å²) in [6, 6.07) is 18.8. The minimum atomic E-state index is -1.18. The van der Waals surface area contributed by atoms with E-state index in [1.807, 2.05) is 54.6 Å². The van der Waals surface area contributed by atoms with E-state index in [4.69, 9.17) is 9.84 Å². The molecule has 2 aromatic carbocycles. The van der Waals surface area contributed by atoms with Gasteiger partial charge in [0.25, 0.3) is 5.91 Å². The van der Waals surface area contributed by atoms with Gasteiger partial charge in [0, 0.05) is 10.3 Å². The van der Waals surface area contributed by atoms with Crippen LogP contribution in [0.3, 0.4) is 0 Å². The number of pyridine rings is 1. The zero-order chi connectivity index (χ0) is 22.0. The standard InChI is InChI=1S/C23H18N2O5S/c1-13-22-17(21(28)20(25-13)23(29)24-12-19(26)27)11-18(31-22)14-7-9-16(10-8-14)30-15-5-3-2-4-6-15/h2-11,28H,12H2,1H3,(H,24,29)(H,26,27). The molecule has 0 aliphatic heterocycles. The molecule has 0 unspecified atom stereocenters. The first-order valence-electron chi connectivity index (χ1n) is 9.39. The van der Waals surface area contributed by atoms with Gasteiger partial charge in [-0.05, 0) is 55.0 Å². The van der Waals surface area contributed by atoms with Gasteiger partial charge in [0.15, 0.2) is 11.4 Å². The Labute approximate surface area is 181 Å². The average Bonchev–Trinajstić information content (AvgIpc) is 3.22. The van der Waals surface area contributed by atoms with E-state index >= 15 is 0 Å². The fourth-order valence-electron chi connectivity index (χ4n) is 3.09. The SMILES string of the molecule is Cc1nc(C(=O)NCC(=O)O)c(O)c2cc(-c3ccc(Oc4ccccc4)cc3)sc12. The molecule has 2 heterocycles. The van der Waals surface area contributed by atoms with Gasteiger partial charge in [-0.2, -0.15) is 0 Å². The minimum absolute atomic E-state index is 0.192. The zero-order valence-corrected chi connectivity index (χ0v) is 17.3. The second-order valence-electron chi connectivity index (χ2n) is 6.76. The van der Waals surface area contributed by atoms with Gasteiger partial charge in [0.2, 0.25) is 0 Å². The van der Waals surface area contributed by atoms with Crippen molar-refractivity contribution in [3.8, 4) is 27.7 Å². The van der Waals surface area contributed by atoms with Crippen molar-refractivity contribution in [2.45, 2.75) is 6.92 Å². The number of amides is 1. The Kier molecular flexibility index (Phi) is 5.55. The van der Waals surface area contributed by atoms with Gasteiger partial charge in [0.1, 0.15) is 18.0 Å². The van der Waals surface area contributed by atoms with Crippen LogP contribution in [0.15, 0.2) is 60.7 Å². The molecule has 0 atom stereocenters. The summed E-state index contributed by atoms with van der Waals surface area (Å²) in [6.45, 7) is 1.19. The summed E-state index contributed by atoms with van der Waals surface area (Å²) in [5.74, 6) is -0.732. The molecular weight excluding hydrogens is 416 g/mol. The second-order valence-corrected chi connectivity index (χ2v) is 7.82. The number of rotatable bonds is 6. The maximum atomic E-state index is 12.2. The number of hydrogen-bond acceptors (Lipinski definition) is 6. The predicted octanol–water partition coefficient (Wildman–Crippen LogP) is 4.58. The number of carboxylic acids is 1. The van der Waals surface area contributed by atoms with Crippen molar-refractivity contribution in [2.24, 2.45) is 0 Å². The normalized spacial score (nSPS) is 10.7. The molecule has 3 N–H and O–H groups in total. The van der Waals surface area contributed by atoms with Crippen molar-refractivity contribution in [2.75, 3.05) is 6.54 Å². The van der Waals surface area contributed by atoms with Crippen LogP contribution in [-0.4, -0.2) is 33.6 Å². The number of aromatic nitrogens is 1. The summed E-state index contributed by atoms with van der Waals surface area (Å²) < 4.78 is 6.57. The molecular formula is C23H18N2O5S. The Bertz CT molecular complexity index is 1270. The van der Waals surface area contributed by atoms with Crippen LogP contribution in [0.5, 0.6) is 17.2 Å². The van der Waals surface area contributed by atoms with Crippen molar-refractivity contribution in [1.82, 2.24) is 10.3 Å². The van der Waals surface area contributed by atoms with Gasteiger partial charge in [-0.1, -0.05) is 18.2 Å². The van der Waals surface area contributed by atoms with Crippen LogP contribution >= 0.6 is 11.3 Å². The third-order valence-electron chi connectivity index (χ3n) is 4.55. The van der Waals surface area contributed by atoms with Gasteiger partial charge >= 0.3 is 5.97 Å². The number of thiophene rings is 1. The highest BCUT2D eigenvalue weighted by Gasteiger charge is 2.20. The van der Waals surface area contributed by atoms with Crippen LogP contribution in [0.4, 0.5) is 0 Å². The maximum absolute atomic E-state index is 12.2. The molecule has 0 spiro atoms. The summed E-state index contributed by atoms with van der Waals surface area (Å²) in [5, 5.41) is 22.0. The van der Waals surface area contributed by atoms with E-state index in [1.54, 1.807) is 13.0 Å². The fraction of sp³-hybridized carbons (Fsp3) is 0.0870. The van der Waals surface area contributed by atoms with E-state index in [0.29, 0.717) is 16.8 Å². The molecule has 0 saturated heterocycles. The van der Waals surface area contributed by atoms with Crippen molar-refractivity contribution in [1.29, 1.82) is 0 Å². The monoisotopic (exact) mass is 434 g/mol. The predicted molar refractivity (Wildman–Crippen MR) is 118 cm³/mol.